The van der Waals surface area contributed by atoms with Crippen molar-refractivity contribution < 1.29 is 9.53 Å². The van der Waals surface area contributed by atoms with Crippen molar-refractivity contribution in [1.29, 1.82) is 0 Å². The zero-order valence-electron chi connectivity index (χ0n) is 13.7. The van der Waals surface area contributed by atoms with Crippen molar-refractivity contribution in [3.05, 3.63) is 71.7 Å². The molecule has 0 saturated heterocycles. The molecule has 26 heavy (non-hydrogen) atoms. The van der Waals surface area contributed by atoms with E-state index in [9.17, 15) is 4.79 Å². The third-order valence-electron chi connectivity index (χ3n) is 3.83. The van der Waals surface area contributed by atoms with Crippen LogP contribution in [-0.4, -0.2) is 22.1 Å². The van der Waals surface area contributed by atoms with Crippen molar-refractivity contribution in [2.75, 3.05) is 0 Å². The van der Waals surface area contributed by atoms with Crippen molar-refractivity contribution >= 4 is 34.9 Å². The van der Waals surface area contributed by atoms with Gasteiger partial charge in [-0.25, -0.2) is 20.0 Å². The maximum Gasteiger partial charge on any atom is 0.249 e. The zero-order chi connectivity index (χ0) is 17.8. The van der Waals surface area contributed by atoms with Crippen molar-refractivity contribution in [3.8, 4) is 5.75 Å². The summed E-state index contributed by atoms with van der Waals surface area (Å²) in [7, 11) is 0. The molecule has 0 atom stereocenters. The summed E-state index contributed by atoms with van der Waals surface area (Å²) in [6.45, 7) is 0. The van der Waals surface area contributed by atoms with Gasteiger partial charge in [0.1, 0.15) is 12.1 Å². The Bertz CT molecular complexity index is 1170. The van der Waals surface area contributed by atoms with E-state index in [-0.39, 0.29) is 12.3 Å². The molecule has 1 aliphatic rings. The minimum Gasteiger partial charge on any atom is -0.465 e. The second-order valence-electron chi connectivity index (χ2n) is 5.57. The average molecular weight is 342 g/mol. The molecular weight excluding hydrogens is 328 g/mol. The molecule has 0 unspecified atom stereocenters. The van der Waals surface area contributed by atoms with Gasteiger partial charge < -0.3 is 4.74 Å². The second kappa shape index (κ2) is 7.06. The molecule has 0 saturated carbocycles. The second-order valence-corrected chi connectivity index (χ2v) is 5.57. The van der Waals surface area contributed by atoms with E-state index in [0.717, 1.165) is 21.5 Å². The number of aromatic nitrogens is 2. The number of allylic oxidation sites excluding steroid dienone is 1. The molecule has 2 aromatic carbocycles. The standard InChI is InChI=1S/C20H14N4O2/c25-19-9-6-14-4-1-2-5-17(14)24-20-16-12-15(26-11-3-10-21-19)7-8-18(16)22-13-23-20/h1-8,10-13H,9H2/b11-3-,14-6-,21-10?,24-17?. The molecule has 3 aromatic rings. The van der Waals surface area contributed by atoms with Crippen LogP contribution in [0, 0.1) is 0 Å². The van der Waals surface area contributed by atoms with Crippen LogP contribution in [0.2, 0.25) is 0 Å². The number of para-hydroxylation sites is 1. The number of aliphatic imine (C=N–C) groups is 1. The van der Waals surface area contributed by atoms with E-state index >= 15 is 0 Å². The van der Waals surface area contributed by atoms with E-state index in [1.54, 1.807) is 6.08 Å². The van der Waals surface area contributed by atoms with Gasteiger partial charge in [-0.1, -0.05) is 24.3 Å². The molecule has 0 spiro atoms. The molecule has 126 valence electrons. The molecule has 0 aliphatic carbocycles. The third kappa shape index (κ3) is 3.39. The molecule has 2 bridgehead atoms. The fraction of sp³-hybridized carbons (Fsp3) is 0.0500. The fourth-order valence-electron chi connectivity index (χ4n) is 2.59. The van der Waals surface area contributed by atoms with Crippen LogP contribution < -0.4 is 15.3 Å². The van der Waals surface area contributed by atoms with Gasteiger partial charge in [0.15, 0.2) is 5.82 Å². The summed E-state index contributed by atoms with van der Waals surface area (Å²) in [6, 6.07) is 13.1. The van der Waals surface area contributed by atoms with Crippen LogP contribution in [0.3, 0.4) is 0 Å². The van der Waals surface area contributed by atoms with E-state index in [2.05, 4.69) is 20.0 Å². The van der Waals surface area contributed by atoms with Crippen molar-refractivity contribution in [2.45, 2.75) is 6.42 Å². The van der Waals surface area contributed by atoms with E-state index in [4.69, 9.17) is 4.74 Å². The number of ether oxygens (including phenoxy) is 1. The van der Waals surface area contributed by atoms with Gasteiger partial charge >= 0.3 is 0 Å². The Balaban J connectivity index is 1.99. The molecule has 1 aliphatic heterocycles. The van der Waals surface area contributed by atoms with Crippen LogP contribution in [0.15, 0.2) is 71.1 Å². The van der Waals surface area contributed by atoms with Gasteiger partial charge in [0.05, 0.1) is 17.1 Å². The van der Waals surface area contributed by atoms with Gasteiger partial charge in [0, 0.05) is 18.0 Å². The van der Waals surface area contributed by atoms with Gasteiger partial charge in [-0.15, -0.1) is 0 Å². The predicted octanol–water partition coefficient (Wildman–Crippen LogP) is 2.26. The van der Waals surface area contributed by atoms with Crippen LogP contribution in [0.4, 0.5) is 5.82 Å². The number of nitrogens with zero attached hydrogens (tertiary/aromatic N) is 4. The van der Waals surface area contributed by atoms with Gasteiger partial charge in [-0.2, -0.15) is 0 Å². The Hall–Kier alpha value is -3.67. The summed E-state index contributed by atoms with van der Waals surface area (Å²) >= 11 is 0. The lowest BCUT2D eigenvalue weighted by Crippen LogP contribution is -2.24. The molecule has 1 amide bonds. The SMILES string of the molecule is O=C1C/C=c2/ccccc2=Nc2ncnc3ccc(cc23)O/C=C\C=N1. The van der Waals surface area contributed by atoms with Gasteiger partial charge in [-0.3, -0.25) is 4.79 Å². The number of benzene rings is 2. The number of hydrogen-bond acceptors (Lipinski definition) is 5. The van der Waals surface area contributed by atoms with Crippen LogP contribution in [0.25, 0.3) is 17.0 Å². The monoisotopic (exact) mass is 342 g/mol. The maximum absolute atomic E-state index is 11.9. The topological polar surface area (TPSA) is 76.8 Å². The van der Waals surface area contributed by atoms with E-state index in [1.807, 2.05) is 48.5 Å². The number of fused-ring (bicyclic) bond motifs is 2. The molecule has 1 aromatic heterocycles. The molecule has 0 fully saturated rings. The number of hydrogen-bond donors (Lipinski definition) is 0. The Kier molecular flexibility index (Phi) is 4.30. The summed E-state index contributed by atoms with van der Waals surface area (Å²) in [4.78, 5) is 29.0. The van der Waals surface area contributed by atoms with Crippen LogP contribution in [-0.2, 0) is 4.79 Å². The molecular formula is C20H14N4O2. The lowest BCUT2D eigenvalue weighted by Gasteiger charge is -2.04. The van der Waals surface area contributed by atoms with Crippen molar-refractivity contribution in [2.24, 2.45) is 9.98 Å². The highest BCUT2D eigenvalue weighted by Gasteiger charge is 2.05. The van der Waals surface area contributed by atoms with Crippen LogP contribution >= 0.6 is 0 Å². The lowest BCUT2D eigenvalue weighted by molar-refractivity contribution is -0.116. The molecule has 0 N–H and O–H groups in total. The smallest absolute Gasteiger partial charge is 0.249 e. The number of amides is 1. The molecule has 0 radical (unpaired) electrons. The first kappa shape index (κ1) is 15.8. The third-order valence-corrected chi connectivity index (χ3v) is 3.83. The highest BCUT2D eigenvalue weighted by atomic mass is 16.5. The van der Waals surface area contributed by atoms with Gasteiger partial charge in [0.2, 0.25) is 5.91 Å². The lowest BCUT2D eigenvalue weighted by atomic mass is 10.2. The summed E-state index contributed by atoms with van der Waals surface area (Å²) < 4.78 is 5.56. The Morgan fingerprint density at radius 2 is 1.96 bits per heavy atom. The van der Waals surface area contributed by atoms with E-state index in [1.165, 1.54) is 18.8 Å². The first-order valence-electron chi connectivity index (χ1n) is 8.07. The van der Waals surface area contributed by atoms with Crippen molar-refractivity contribution in [1.82, 2.24) is 9.97 Å². The van der Waals surface area contributed by atoms with E-state index < -0.39 is 0 Å². The molecule has 6 nitrogen and oxygen atoms in total. The summed E-state index contributed by atoms with van der Waals surface area (Å²) in [5.74, 6) is 0.918. The normalized spacial score (nSPS) is 16.5. The summed E-state index contributed by atoms with van der Waals surface area (Å²) in [5.41, 5.74) is 0.776. The quantitative estimate of drug-likeness (QED) is 0.628. The zero-order valence-corrected chi connectivity index (χ0v) is 13.7. The number of carbonyl (C=O) groups is 1. The number of rotatable bonds is 0. The maximum atomic E-state index is 11.9. The van der Waals surface area contributed by atoms with Crippen LogP contribution in [0.1, 0.15) is 6.42 Å². The number of carbonyl (C=O) groups excluding carboxylic acids is 1. The first-order valence-corrected chi connectivity index (χ1v) is 8.07. The molecule has 6 heteroatoms. The van der Waals surface area contributed by atoms with Crippen LogP contribution in [0.5, 0.6) is 5.75 Å². The van der Waals surface area contributed by atoms with E-state index in [0.29, 0.717) is 11.6 Å². The molecule has 2 heterocycles. The summed E-state index contributed by atoms with van der Waals surface area (Å²) in [5, 5.41) is 2.36. The Labute approximate surface area is 148 Å². The Morgan fingerprint density at radius 3 is 2.92 bits per heavy atom. The van der Waals surface area contributed by atoms with Gasteiger partial charge in [-0.05, 0) is 35.6 Å². The largest absolute Gasteiger partial charge is 0.465 e. The minimum absolute atomic E-state index is 0.185. The minimum atomic E-state index is -0.246. The first-order chi connectivity index (χ1) is 12.8. The van der Waals surface area contributed by atoms with Gasteiger partial charge in [0.25, 0.3) is 0 Å². The highest BCUT2D eigenvalue weighted by Crippen LogP contribution is 2.25. The summed E-state index contributed by atoms with van der Waals surface area (Å²) in [6.07, 6.45) is 7.94. The predicted molar refractivity (Wildman–Crippen MR) is 98.8 cm³/mol. The Morgan fingerprint density at radius 1 is 1.04 bits per heavy atom. The average Bonchev–Trinajstić information content (AvgIpc) is 2.67. The molecule has 4 rings (SSSR count). The highest BCUT2D eigenvalue weighted by molar-refractivity contribution is 5.91. The van der Waals surface area contributed by atoms with Crippen molar-refractivity contribution in [3.63, 3.8) is 0 Å². The fourth-order valence-corrected chi connectivity index (χ4v) is 2.59.